The Labute approximate surface area is 175 Å². The van der Waals surface area contributed by atoms with E-state index in [-0.39, 0.29) is 0 Å². The zero-order valence-electron chi connectivity index (χ0n) is 17.8. The third-order valence-electron chi connectivity index (χ3n) is 4.88. The van der Waals surface area contributed by atoms with Gasteiger partial charge in [0, 0.05) is 0 Å². The van der Waals surface area contributed by atoms with Crippen LogP contribution in [0.5, 0.6) is 17.2 Å². The zero-order chi connectivity index (χ0) is 20.7. The molecule has 4 nitrogen and oxygen atoms in total. The number of unbranched alkanes of at least 4 members (excludes halogenated alkanes) is 8. The summed E-state index contributed by atoms with van der Waals surface area (Å²) in [5.74, 6) is 1.61. The first-order chi connectivity index (χ1) is 14.2. The van der Waals surface area contributed by atoms with Gasteiger partial charge in [-0.2, -0.15) is 0 Å². The predicted molar refractivity (Wildman–Crippen MR) is 117 cm³/mol. The van der Waals surface area contributed by atoms with E-state index in [1.54, 1.807) is 43.5 Å². The Balaban J connectivity index is 1.61. The summed E-state index contributed by atoms with van der Waals surface area (Å²) in [5, 5.41) is 0. The van der Waals surface area contributed by atoms with Crippen molar-refractivity contribution in [2.75, 3.05) is 13.7 Å². The summed E-state index contributed by atoms with van der Waals surface area (Å²) in [4.78, 5) is 12.2. The van der Waals surface area contributed by atoms with E-state index in [4.69, 9.17) is 14.2 Å². The Hall–Kier alpha value is -2.49. The topological polar surface area (TPSA) is 44.8 Å². The molecule has 0 aromatic heterocycles. The van der Waals surface area contributed by atoms with Gasteiger partial charge < -0.3 is 14.2 Å². The SMILES string of the molecule is CCCCCCCCCCCOc1ccc(OC(=O)c2ccc(OC)cc2)cc1. The molecule has 0 atom stereocenters. The van der Waals surface area contributed by atoms with Gasteiger partial charge >= 0.3 is 5.97 Å². The Morgan fingerprint density at radius 1 is 0.690 bits per heavy atom. The molecule has 158 valence electrons. The summed E-state index contributed by atoms with van der Waals surface area (Å²) >= 11 is 0. The standard InChI is InChI=1S/C25H34O4/c1-3-4-5-6-7-8-9-10-11-20-28-23-16-18-24(19-17-23)29-25(26)21-12-14-22(27-2)15-13-21/h12-19H,3-11,20H2,1-2H3. The van der Waals surface area contributed by atoms with Crippen LogP contribution >= 0.6 is 0 Å². The number of hydrogen-bond donors (Lipinski definition) is 0. The second-order valence-corrected chi connectivity index (χ2v) is 7.27. The van der Waals surface area contributed by atoms with Gasteiger partial charge in [0.15, 0.2) is 0 Å². The molecule has 0 radical (unpaired) electrons. The molecule has 0 saturated heterocycles. The minimum Gasteiger partial charge on any atom is -0.497 e. The highest BCUT2D eigenvalue weighted by atomic mass is 16.5. The number of methoxy groups -OCH3 is 1. The van der Waals surface area contributed by atoms with E-state index in [1.807, 2.05) is 12.1 Å². The molecule has 0 aliphatic heterocycles. The van der Waals surface area contributed by atoms with Crippen molar-refractivity contribution in [3.63, 3.8) is 0 Å². The van der Waals surface area contributed by atoms with Crippen LogP contribution in [0.3, 0.4) is 0 Å². The average molecular weight is 399 g/mol. The highest BCUT2D eigenvalue weighted by molar-refractivity contribution is 5.91. The zero-order valence-corrected chi connectivity index (χ0v) is 17.8. The van der Waals surface area contributed by atoms with Crippen LogP contribution in [0.15, 0.2) is 48.5 Å². The van der Waals surface area contributed by atoms with Gasteiger partial charge in [-0.3, -0.25) is 0 Å². The van der Waals surface area contributed by atoms with Crippen molar-refractivity contribution in [3.05, 3.63) is 54.1 Å². The lowest BCUT2D eigenvalue weighted by Gasteiger charge is -2.08. The molecule has 2 aromatic carbocycles. The van der Waals surface area contributed by atoms with Gasteiger partial charge in [-0.05, 0) is 55.0 Å². The molecule has 0 heterocycles. The highest BCUT2D eigenvalue weighted by Crippen LogP contribution is 2.20. The van der Waals surface area contributed by atoms with Crippen LogP contribution in [-0.4, -0.2) is 19.7 Å². The van der Waals surface area contributed by atoms with Crippen molar-refractivity contribution in [1.82, 2.24) is 0 Å². The molecule has 0 amide bonds. The van der Waals surface area contributed by atoms with Crippen LogP contribution in [0.25, 0.3) is 0 Å². The van der Waals surface area contributed by atoms with E-state index >= 15 is 0 Å². The molecule has 0 N–H and O–H groups in total. The normalized spacial score (nSPS) is 10.6. The van der Waals surface area contributed by atoms with Gasteiger partial charge in [-0.15, -0.1) is 0 Å². The second-order valence-electron chi connectivity index (χ2n) is 7.27. The first-order valence-electron chi connectivity index (χ1n) is 10.8. The van der Waals surface area contributed by atoms with Gasteiger partial charge in [0.2, 0.25) is 0 Å². The van der Waals surface area contributed by atoms with Crippen LogP contribution in [0.1, 0.15) is 75.1 Å². The third-order valence-corrected chi connectivity index (χ3v) is 4.88. The summed E-state index contributed by atoms with van der Waals surface area (Å²) in [5.41, 5.74) is 0.483. The monoisotopic (exact) mass is 398 g/mol. The maximum atomic E-state index is 12.2. The van der Waals surface area contributed by atoms with Gasteiger partial charge in [0.05, 0.1) is 19.3 Å². The van der Waals surface area contributed by atoms with Crippen molar-refractivity contribution in [2.24, 2.45) is 0 Å². The number of benzene rings is 2. The molecule has 0 bridgehead atoms. The van der Waals surface area contributed by atoms with E-state index in [9.17, 15) is 4.79 Å². The first-order valence-corrected chi connectivity index (χ1v) is 10.8. The molecule has 0 unspecified atom stereocenters. The Morgan fingerprint density at radius 2 is 1.21 bits per heavy atom. The summed E-state index contributed by atoms with van der Waals surface area (Å²) in [6.45, 7) is 2.98. The number of ether oxygens (including phenoxy) is 3. The van der Waals surface area contributed by atoms with Crippen molar-refractivity contribution < 1.29 is 19.0 Å². The van der Waals surface area contributed by atoms with E-state index in [0.29, 0.717) is 17.1 Å². The van der Waals surface area contributed by atoms with E-state index in [1.165, 1.54) is 51.4 Å². The summed E-state index contributed by atoms with van der Waals surface area (Å²) in [6.07, 6.45) is 11.7. The van der Waals surface area contributed by atoms with Gasteiger partial charge in [-0.25, -0.2) is 4.79 Å². The fourth-order valence-corrected chi connectivity index (χ4v) is 3.10. The smallest absolute Gasteiger partial charge is 0.343 e. The third kappa shape index (κ3) is 9.03. The quantitative estimate of drug-likeness (QED) is 0.199. The summed E-state index contributed by atoms with van der Waals surface area (Å²) < 4.78 is 16.3. The molecular formula is C25H34O4. The van der Waals surface area contributed by atoms with E-state index in [2.05, 4.69) is 6.92 Å². The predicted octanol–water partition coefficient (Wildman–Crippen LogP) is 6.82. The van der Waals surface area contributed by atoms with Crippen molar-refractivity contribution >= 4 is 5.97 Å². The Bertz CT molecular complexity index is 692. The lowest BCUT2D eigenvalue weighted by molar-refractivity contribution is 0.0734. The molecular weight excluding hydrogens is 364 g/mol. The lowest BCUT2D eigenvalue weighted by atomic mass is 10.1. The number of hydrogen-bond acceptors (Lipinski definition) is 4. The fraction of sp³-hybridized carbons (Fsp3) is 0.480. The maximum Gasteiger partial charge on any atom is 0.343 e. The minimum absolute atomic E-state index is 0.393. The number of carbonyl (C=O) groups is 1. The molecule has 29 heavy (non-hydrogen) atoms. The molecule has 4 heteroatoms. The molecule has 0 aliphatic rings. The van der Waals surface area contributed by atoms with Gasteiger partial charge in [0.25, 0.3) is 0 Å². The molecule has 0 fully saturated rings. The average Bonchev–Trinajstić information content (AvgIpc) is 2.76. The van der Waals surface area contributed by atoms with E-state index in [0.717, 1.165) is 18.8 Å². The van der Waals surface area contributed by atoms with Crippen LogP contribution < -0.4 is 14.2 Å². The van der Waals surface area contributed by atoms with Crippen LogP contribution in [0, 0.1) is 0 Å². The number of rotatable bonds is 14. The lowest BCUT2D eigenvalue weighted by Crippen LogP contribution is -2.08. The summed E-state index contributed by atoms with van der Waals surface area (Å²) in [6, 6.07) is 14.0. The van der Waals surface area contributed by atoms with Crippen molar-refractivity contribution in [2.45, 2.75) is 64.7 Å². The summed E-state index contributed by atoms with van der Waals surface area (Å²) in [7, 11) is 1.59. The first kappa shape index (κ1) is 22.8. The largest absolute Gasteiger partial charge is 0.497 e. The van der Waals surface area contributed by atoms with Crippen molar-refractivity contribution in [3.8, 4) is 17.2 Å². The van der Waals surface area contributed by atoms with Crippen LogP contribution in [0.4, 0.5) is 0 Å². The van der Waals surface area contributed by atoms with Gasteiger partial charge in [0.1, 0.15) is 17.2 Å². The second kappa shape index (κ2) is 13.6. The maximum absolute atomic E-state index is 12.2. The molecule has 0 saturated carbocycles. The number of carbonyl (C=O) groups excluding carboxylic acids is 1. The molecule has 0 aliphatic carbocycles. The van der Waals surface area contributed by atoms with E-state index < -0.39 is 5.97 Å². The van der Waals surface area contributed by atoms with Gasteiger partial charge in [-0.1, -0.05) is 58.3 Å². The minimum atomic E-state index is -0.393. The molecule has 2 aromatic rings. The Morgan fingerprint density at radius 3 is 1.79 bits per heavy atom. The molecule has 2 rings (SSSR count). The van der Waals surface area contributed by atoms with Crippen LogP contribution in [-0.2, 0) is 0 Å². The van der Waals surface area contributed by atoms with Crippen molar-refractivity contribution in [1.29, 1.82) is 0 Å². The number of esters is 1. The highest BCUT2D eigenvalue weighted by Gasteiger charge is 2.09. The van der Waals surface area contributed by atoms with Crippen LogP contribution in [0.2, 0.25) is 0 Å². The fourth-order valence-electron chi connectivity index (χ4n) is 3.10. The molecule has 0 spiro atoms. The Kier molecular flexibility index (Phi) is 10.7.